The second-order valence-electron chi connectivity index (χ2n) is 5.33. The molecule has 0 saturated heterocycles. The minimum absolute atomic E-state index is 0.0529. The second-order valence-corrected chi connectivity index (χ2v) is 5.33. The van der Waals surface area contributed by atoms with Gasteiger partial charge >= 0.3 is 12.0 Å². The number of carbonyl (C=O) groups is 3. The van der Waals surface area contributed by atoms with E-state index in [9.17, 15) is 24.5 Å². The highest BCUT2D eigenvalue weighted by atomic mass is 16.6. The zero-order chi connectivity index (χ0) is 18.7. The van der Waals surface area contributed by atoms with E-state index in [0.717, 1.165) is 4.90 Å². The van der Waals surface area contributed by atoms with E-state index in [2.05, 4.69) is 5.32 Å². The van der Waals surface area contributed by atoms with Crippen LogP contribution in [0, 0.1) is 10.1 Å². The van der Waals surface area contributed by atoms with Crippen LogP contribution in [-0.4, -0.2) is 34.3 Å². The van der Waals surface area contributed by atoms with E-state index in [1.165, 1.54) is 38.1 Å². The quantitative estimate of drug-likeness (QED) is 0.506. The van der Waals surface area contributed by atoms with Gasteiger partial charge in [-0.15, -0.1) is 0 Å². The third-order valence-electron chi connectivity index (χ3n) is 3.68. The van der Waals surface area contributed by atoms with Crippen LogP contribution in [0.15, 0.2) is 35.5 Å². The minimum Gasteiger partial charge on any atom is -0.463 e. The van der Waals surface area contributed by atoms with Crippen molar-refractivity contribution in [3.63, 3.8) is 0 Å². The molecular weight excluding hydrogens is 330 g/mol. The molecule has 1 aliphatic heterocycles. The molecule has 1 aromatic carbocycles. The summed E-state index contributed by atoms with van der Waals surface area (Å²) in [6.45, 7) is 4.41. The molecule has 1 aromatic rings. The first kappa shape index (κ1) is 18.1. The number of amides is 3. The number of allylic oxidation sites excluding steroid dienone is 1. The van der Waals surface area contributed by atoms with Crippen LogP contribution >= 0.6 is 0 Å². The number of imide groups is 1. The van der Waals surface area contributed by atoms with Crippen molar-refractivity contribution in [2.75, 3.05) is 6.61 Å². The van der Waals surface area contributed by atoms with Gasteiger partial charge in [-0.25, -0.2) is 9.59 Å². The van der Waals surface area contributed by atoms with Crippen LogP contribution < -0.4 is 5.32 Å². The minimum atomic E-state index is -1.11. The average molecular weight is 347 g/mol. The Bertz CT molecular complexity index is 786. The molecule has 1 unspecified atom stereocenters. The van der Waals surface area contributed by atoms with Gasteiger partial charge < -0.3 is 10.1 Å². The summed E-state index contributed by atoms with van der Waals surface area (Å²) >= 11 is 0. The number of ether oxygens (including phenoxy) is 1. The number of nitrogens with one attached hydrogen (secondary N) is 1. The number of nitro groups is 1. The molecule has 2 rings (SSSR count). The molecule has 1 aliphatic rings. The van der Waals surface area contributed by atoms with Gasteiger partial charge in [0, 0.05) is 24.8 Å². The van der Waals surface area contributed by atoms with Gasteiger partial charge in [0.1, 0.15) is 6.04 Å². The number of hydrogen-bond donors (Lipinski definition) is 1. The fourth-order valence-electron chi connectivity index (χ4n) is 2.66. The summed E-state index contributed by atoms with van der Waals surface area (Å²) in [7, 11) is 0. The zero-order valence-corrected chi connectivity index (χ0v) is 13.9. The number of carbonyl (C=O) groups excluding carboxylic acids is 3. The summed E-state index contributed by atoms with van der Waals surface area (Å²) in [6, 6.07) is 3.63. The highest BCUT2D eigenvalue weighted by molar-refractivity contribution is 6.01. The number of urea groups is 1. The smallest absolute Gasteiger partial charge is 0.338 e. The standard InChI is InChI=1S/C16H17N3O6/c1-4-25-15(21)13-9(2)17-16(22)18(10(3)20)14(13)11-6-5-7-12(8-11)19(23)24/h5-8,14H,4H2,1-3H3,(H,17,22). The number of non-ortho nitro benzene ring substituents is 1. The highest BCUT2D eigenvalue weighted by Gasteiger charge is 2.41. The lowest BCUT2D eigenvalue weighted by Crippen LogP contribution is -2.50. The molecule has 0 aromatic heterocycles. The van der Waals surface area contributed by atoms with Crippen LogP contribution in [0.2, 0.25) is 0 Å². The van der Waals surface area contributed by atoms with Gasteiger partial charge in [0.2, 0.25) is 5.91 Å². The van der Waals surface area contributed by atoms with Crippen molar-refractivity contribution < 1.29 is 24.0 Å². The Balaban J connectivity index is 2.67. The first-order valence-corrected chi connectivity index (χ1v) is 7.51. The van der Waals surface area contributed by atoms with Crippen LogP contribution in [0.4, 0.5) is 10.5 Å². The van der Waals surface area contributed by atoms with Crippen LogP contribution in [-0.2, 0) is 14.3 Å². The number of nitro benzene ring substituents is 1. The summed E-state index contributed by atoms with van der Waals surface area (Å²) in [4.78, 5) is 47.9. The lowest BCUT2D eigenvalue weighted by atomic mass is 9.93. The summed E-state index contributed by atoms with van der Waals surface area (Å²) in [5, 5.41) is 13.5. The fraction of sp³-hybridized carbons (Fsp3) is 0.312. The van der Waals surface area contributed by atoms with Crippen LogP contribution in [0.1, 0.15) is 32.4 Å². The summed E-state index contributed by atoms with van der Waals surface area (Å²) in [5.41, 5.74) is 0.337. The number of hydrogen-bond acceptors (Lipinski definition) is 6. The molecule has 0 aliphatic carbocycles. The normalized spacial score (nSPS) is 17.2. The molecule has 25 heavy (non-hydrogen) atoms. The maximum Gasteiger partial charge on any atom is 0.338 e. The van der Waals surface area contributed by atoms with Crippen LogP contribution in [0.3, 0.4) is 0 Å². The molecule has 1 heterocycles. The Hall–Kier alpha value is -3.23. The van der Waals surface area contributed by atoms with Crippen molar-refractivity contribution in [3.8, 4) is 0 Å². The van der Waals surface area contributed by atoms with Gasteiger partial charge in [0.05, 0.1) is 17.1 Å². The van der Waals surface area contributed by atoms with E-state index in [-0.39, 0.29) is 29.1 Å². The molecule has 1 N–H and O–H groups in total. The molecule has 3 amide bonds. The van der Waals surface area contributed by atoms with E-state index >= 15 is 0 Å². The van der Waals surface area contributed by atoms with Gasteiger partial charge in [-0.1, -0.05) is 12.1 Å². The van der Waals surface area contributed by atoms with Crippen LogP contribution in [0.25, 0.3) is 0 Å². The highest BCUT2D eigenvalue weighted by Crippen LogP contribution is 2.35. The van der Waals surface area contributed by atoms with Gasteiger partial charge in [-0.3, -0.25) is 19.8 Å². The van der Waals surface area contributed by atoms with E-state index in [1.54, 1.807) is 6.92 Å². The monoisotopic (exact) mass is 347 g/mol. The molecule has 132 valence electrons. The van der Waals surface area contributed by atoms with Crippen molar-refractivity contribution >= 4 is 23.6 Å². The molecule has 9 heteroatoms. The SMILES string of the molecule is CCOC(=O)C1=C(C)NC(=O)N(C(C)=O)C1c1cccc([N+](=O)[O-])c1. The number of rotatable bonds is 4. The van der Waals surface area contributed by atoms with Crippen molar-refractivity contribution in [1.29, 1.82) is 0 Å². The summed E-state index contributed by atoms with van der Waals surface area (Å²) in [5.74, 6) is -1.31. The summed E-state index contributed by atoms with van der Waals surface area (Å²) < 4.78 is 5.02. The summed E-state index contributed by atoms with van der Waals surface area (Å²) in [6.07, 6.45) is 0. The van der Waals surface area contributed by atoms with E-state index in [0.29, 0.717) is 0 Å². The van der Waals surface area contributed by atoms with Gasteiger partial charge in [-0.2, -0.15) is 0 Å². The molecule has 0 saturated carbocycles. The van der Waals surface area contributed by atoms with E-state index in [4.69, 9.17) is 4.74 Å². The van der Waals surface area contributed by atoms with Gasteiger partial charge in [0.25, 0.3) is 5.69 Å². The van der Waals surface area contributed by atoms with E-state index < -0.39 is 28.9 Å². The largest absolute Gasteiger partial charge is 0.463 e. The molecule has 9 nitrogen and oxygen atoms in total. The first-order valence-electron chi connectivity index (χ1n) is 7.51. The van der Waals surface area contributed by atoms with Crippen molar-refractivity contribution in [2.24, 2.45) is 0 Å². The maximum absolute atomic E-state index is 12.4. The molecule has 0 fully saturated rings. The molecular formula is C16H17N3O6. The zero-order valence-electron chi connectivity index (χ0n) is 13.9. The lowest BCUT2D eigenvalue weighted by molar-refractivity contribution is -0.384. The topological polar surface area (TPSA) is 119 Å². The molecule has 0 bridgehead atoms. The molecule has 0 spiro atoms. The van der Waals surface area contributed by atoms with Gasteiger partial charge in [-0.05, 0) is 19.4 Å². The Morgan fingerprint density at radius 1 is 1.40 bits per heavy atom. The lowest BCUT2D eigenvalue weighted by Gasteiger charge is -2.35. The predicted octanol–water partition coefficient (Wildman–Crippen LogP) is 2.04. The third-order valence-corrected chi connectivity index (χ3v) is 3.68. The average Bonchev–Trinajstić information content (AvgIpc) is 2.53. The van der Waals surface area contributed by atoms with Crippen molar-refractivity contribution in [1.82, 2.24) is 10.2 Å². The maximum atomic E-state index is 12.4. The van der Waals surface area contributed by atoms with Gasteiger partial charge in [0.15, 0.2) is 0 Å². The Morgan fingerprint density at radius 3 is 2.64 bits per heavy atom. The molecule has 1 atom stereocenters. The third kappa shape index (κ3) is 3.49. The second kappa shape index (κ2) is 7.12. The molecule has 0 radical (unpaired) electrons. The number of esters is 1. The fourth-order valence-corrected chi connectivity index (χ4v) is 2.66. The number of benzene rings is 1. The Morgan fingerprint density at radius 2 is 2.08 bits per heavy atom. The van der Waals surface area contributed by atoms with Crippen molar-refractivity contribution in [3.05, 3.63) is 51.2 Å². The first-order chi connectivity index (χ1) is 11.8. The Kier molecular flexibility index (Phi) is 5.16. The number of nitrogens with zero attached hydrogens (tertiary/aromatic N) is 2. The van der Waals surface area contributed by atoms with Crippen molar-refractivity contribution in [2.45, 2.75) is 26.8 Å². The Labute approximate surface area is 143 Å². The van der Waals surface area contributed by atoms with E-state index in [1.807, 2.05) is 0 Å². The van der Waals surface area contributed by atoms with Crippen LogP contribution in [0.5, 0.6) is 0 Å². The predicted molar refractivity (Wildman–Crippen MR) is 86.2 cm³/mol.